The van der Waals surface area contributed by atoms with E-state index in [1.165, 1.54) is 35.0 Å². The molecule has 1 N–H and O–H groups in total. The highest BCUT2D eigenvalue weighted by atomic mass is 32.2. The Morgan fingerprint density at radius 3 is 2.55 bits per heavy atom. The second kappa shape index (κ2) is 8.29. The number of hydrogen-bond acceptors (Lipinski definition) is 6. The molecule has 0 unspecified atom stereocenters. The van der Waals surface area contributed by atoms with Crippen LogP contribution in [0.5, 0.6) is 0 Å². The number of anilines is 1. The van der Waals surface area contributed by atoms with Gasteiger partial charge in [-0.1, -0.05) is 12.5 Å². The fourth-order valence-electron chi connectivity index (χ4n) is 3.43. The zero-order chi connectivity index (χ0) is 21.2. The number of carbonyl (C=O) groups excluding carboxylic acids is 1. The molecule has 10 nitrogen and oxygen atoms in total. The Morgan fingerprint density at radius 2 is 1.93 bits per heavy atom. The molecule has 0 bridgehead atoms. The van der Waals surface area contributed by atoms with Crippen LogP contribution in [0.15, 0.2) is 29.2 Å². The van der Waals surface area contributed by atoms with Crippen molar-refractivity contribution in [2.45, 2.75) is 44.6 Å². The van der Waals surface area contributed by atoms with Crippen molar-refractivity contribution in [2.24, 2.45) is 0 Å². The second-order valence-electron chi connectivity index (χ2n) is 6.97. The van der Waals surface area contributed by atoms with Crippen molar-refractivity contribution in [2.75, 3.05) is 18.4 Å². The number of sulfonamides is 1. The normalized spacial score (nSPS) is 15.2. The maximum absolute atomic E-state index is 12.8. The zero-order valence-electron chi connectivity index (χ0n) is 16.3. The maximum atomic E-state index is 12.8. The first-order valence-electron chi connectivity index (χ1n) is 9.28. The number of nitrogens with one attached hydrogen (secondary N) is 1. The molecule has 1 aromatic carbocycles. The molecule has 3 rings (SSSR count). The number of aryl methyl sites for hydroxylation is 1. The average Bonchev–Trinajstić information content (AvgIpc) is 2.95. The first-order valence-corrected chi connectivity index (χ1v) is 10.7. The minimum atomic E-state index is -3.61. The first-order chi connectivity index (χ1) is 13.7. The molecule has 1 fully saturated rings. The van der Waals surface area contributed by atoms with E-state index in [0.29, 0.717) is 18.8 Å². The Bertz CT molecular complexity index is 1040. The van der Waals surface area contributed by atoms with E-state index in [4.69, 9.17) is 0 Å². The number of nitro groups is 1. The van der Waals surface area contributed by atoms with E-state index in [1.54, 1.807) is 12.1 Å². The minimum absolute atomic E-state index is 0.118. The van der Waals surface area contributed by atoms with Crippen LogP contribution in [0, 0.1) is 24.0 Å². The van der Waals surface area contributed by atoms with Gasteiger partial charge in [0.05, 0.1) is 9.82 Å². The van der Waals surface area contributed by atoms with Crippen LogP contribution in [-0.2, 0) is 21.4 Å². The predicted octanol–water partition coefficient (Wildman–Crippen LogP) is 2.22. The lowest BCUT2D eigenvalue weighted by Crippen LogP contribution is -2.35. The number of carbonyl (C=O) groups is 1. The van der Waals surface area contributed by atoms with Gasteiger partial charge >= 0.3 is 5.69 Å². The van der Waals surface area contributed by atoms with Gasteiger partial charge in [-0.15, -0.1) is 0 Å². The number of rotatable bonds is 6. The molecule has 0 atom stereocenters. The third-order valence-corrected chi connectivity index (χ3v) is 6.78. The predicted molar refractivity (Wildman–Crippen MR) is 106 cm³/mol. The summed E-state index contributed by atoms with van der Waals surface area (Å²) < 4.78 is 28.3. The van der Waals surface area contributed by atoms with Gasteiger partial charge in [0.2, 0.25) is 15.9 Å². The first kappa shape index (κ1) is 20.9. The number of amides is 1. The van der Waals surface area contributed by atoms with Crippen molar-refractivity contribution >= 4 is 27.3 Å². The maximum Gasteiger partial charge on any atom is 0.312 e. The van der Waals surface area contributed by atoms with Gasteiger partial charge in [-0.25, -0.2) is 8.42 Å². The molecule has 0 spiro atoms. The Hall–Kier alpha value is -2.79. The number of nitrogens with zero attached hydrogens (tertiary/aromatic N) is 4. The minimum Gasteiger partial charge on any atom is -0.324 e. The molecular formula is C18H23N5O5S. The summed E-state index contributed by atoms with van der Waals surface area (Å²) in [5.41, 5.74) is 0.732. The highest BCUT2D eigenvalue weighted by molar-refractivity contribution is 7.89. The topological polar surface area (TPSA) is 127 Å². The number of piperidine rings is 1. The number of benzene rings is 1. The molecule has 0 saturated carbocycles. The Labute approximate surface area is 168 Å². The monoisotopic (exact) mass is 421 g/mol. The summed E-state index contributed by atoms with van der Waals surface area (Å²) in [4.78, 5) is 23.1. The molecular weight excluding hydrogens is 398 g/mol. The van der Waals surface area contributed by atoms with Crippen molar-refractivity contribution in [3.05, 3.63) is 45.8 Å². The van der Waals surface area contributed by atoms with Crippen LogP contribution < -0.4 is 5.32 Å². The highest BCUT2D eigenvalue weighted by Gasteiger charge is 2.26. The van der Waals surface area contributed by atoms with Gasteiger partial charge < -0.3 is 5.32 Å². The molecule has 1 saturated heterocycles. The summed E-state index contributed by atoms with van der Waals surface area (Å²) in [6.45, 7) is 3.81. The molecule has 0 radical (unpaired) electrons. The lowest BCUT2D eigenvalue weighted by atomic mass is 10.2. The third-order valence-electron chi connectivity index (χ3n) is 4.89. The third kappa shape index (κ3) is 4.46. The Morgan fingerprint density at radius 1 is 1.24 bits per heavy atom. The summed E-state index contributed by atoms with van der Waals surface area (Å²) in [6.07, 6.45) is 2.70. The zero-order valence-corrected chi connectivity index (χ0v) is 17.1. The van der Waals surface area contributed by atoms with Crippen LogP contribution in [0.3, 0.4) is 0 Å². The molecule has 1 amide bonds. The smallest absolute Gasteiger partial charge is 0.312 e. The second-order valence-corrected chi connectivity index (χ2v) is 8.91. The van der Waals surface area contributed by atoms with Crippen molar-refractivity contribution < 1.29 is 18.1 Å². The van der Waals surface area contributed by atoms with E-state index < -0.39 is 20.9 Å². The standard InChI is InChI=1S/C18H23N5O5S/c1-13-18(23(25)26)14(2)22(20-13)12-17(24)19-15-7-6-8-16(11-15)29(27,28)21-9-4-3-5-10-21/h6-8,11H,3-5,9-10,12H2,1-2H3,(H,19,24). The van der Waals surface area contributed by atoms with Crippen LogP contribution in [0.25, 0.3) is 0 Å². The van der Waals surface area contributed by atoms with E-state index >= 15 is 0 Å². The summed E-state index contributed by atoms with van der Waals surface area (Å²) >= 11 is 0. The summed E-state index contributed by atoms with van der Waals surface area (Å²) in [5.74, 6) is -0.460. The van der Waals surface area contributed by atoms with Gasteiger partial charge in [-0.2, -0.15) is 9.40 Å². The molecule has 2 heterocycles. The van der Waals surface area contributed by atoms with Crippen molar-refractivity contribution in [1.82, 2.24) is 14.1 Å². The fourth-order valence-corrected chi connectivity index (χ4v) is 4.99. The van der Waals surface area contributed by atoms with Crippen molar-refractivity contribution in [3.8, 4) is 0 Å². The van der Waals surface area contributed by atoms with E-state index in [9.17, 15) is 23.3 Å². The van der Waals surface area contributed by atoms with E-state index in [-0.39, 0.29) is 28.5 Å². The molecule has 1 aromatic heterocycles. The van der Waals surface area contributed by atoms with Gasteiger partial charge in [-0.05, 0) is 44.9 Å². The van der Waals surface area contributed by atoms with Crippen molar-refractivity contribution in [3.63, 3.8) is 0 Å². The molecule has 156 valence electrons. The van der Waals surface area contributed by atoms with Gasteiger partial charge in [0, 0.05) is 18.8 Å². The van der Waals surface area contributed by atoms with Crippen LogP contribution in [0.1, 0.15) is 30.7 Å². The number of hydrogen-bond donors (Lipinski definition) is 1. The molecule has 29 heavy (non-hydrogen) atoms. The van der Waals surface area contributed by atoms with Crippen LogP contribution in [0.2, 0.25) is 0 Å². The van der Waals surface area contributed by atoms with Crippen LogP contribution in [0.4, 0.5) is 11.4 Å². The molecule has 1 aliphatic rings. The SMILES string of the molecule is Cc1nn(CC(=O)Nc2cccc(S(=O)(=O)N3CCCCC3)c2)c(C)c1[N+](=O)[O-]. The van der Waals surface area contributed by atoms with E-state index in [1.807, 2.05) is 0 Å². The molecule has 2 aromatic rings. The lowest BCUT2D eigenvalue weighted by Gasteiger charge is -2.26. The lowest BCUT2D eigenvalue weighted by molar-refractivity contribution is -0.386. The largest absolute Gasteiger partial charge is 0.324 e. The Kier molecular flexibility index (Phi) is 5.99. The summed E-state index contributed by atoms with van der Waals surface area (Å²) in [6, 6.07) is 6.09. The average molecular weight is 421 g/mol. The van der Waals surface area contributed by atoms with Crippen molar-refractivity contribution in [1.29, 1.82) is 0 Å². The van der Waals surface area contributed by atoms with Gasteiger partial charge in [-0.3, -0.25) is 19.6 Å². The van der Waals surface area contributed by atoms with Gasteiger partial charge in [0.25, 0.3) is 0 Å². The van der Waals surface area contributed by atoms with E-state index in [0.717, 1.165) is 19.3 Å². The molecule has 11 heteroatoms. The van der Waals surface area contributed by atoms with Crippen LogP contribution in [-0.4, -0.2) is 46.4 Å². The highest BCUT2D eigenvalue weighted by Crippen LogP contribution is 2.24. The molecule has 1 aliphatic heterocycles. The quantitative estimate of drug-likeness (QED) is 0.563. The summed E-state index contributed by atoms with van der Waals surface area (Å²) in [5, 5.41) is 17.8. The Balaban J connectivity index is 1.74. The van der Waals surface area contributed by atoms with Crippen LogP contribution >= 0.6 is 0 Å². The van der Waals surface area contributed by atoms with E-state index in [2.05, 4.69) is 10.4 Å². The summed E-state index contributed by atoms with van der Waals surface area (Å²) in [7, 11) is -3.61. The van der Waals surface area contributed by atoms with Gasteiger partial charge in [0.15, 0.2) is 0 Å². The molecule has 0 aliphatic carbocycles. The fraction of sp³-hybridized carbons (Fsp3) is 0.444. The number of aromatic nitrogens is 2. The van der Waals surface area contributed by atoms with Gasteiger partial charge in [0.1, 0.15) is 17.9 Å².